The van der Waals surface area contributed by atoms with Crippen LogP contribution in [0.4, 0.5) is 0 Å². The van der Waals surface area contributed by atoms with Gasteiger partial charge in [0.15, 0.2) is 0 Å². The number of hydrogen-bond acceptors (Lipinski definition) is 2. The minimum Gasteiger partial charge on any atom is -0.294 e. The Bertz CT molecular complexity index is 794. The van der Waals surface area contributed by atoms with Gasteiger partial charge in [0.25, 0.3) is 0 Å². The number of hydrogen-bond donors (Lipinski definition) is 0. The second kappa shape index (κ2) is 6.04. The summed E-state index contributed by atoms with van der Waals surface area (Å²) in [6.07, 6.45) is 0. The molecule has 0 bridgehead atoms. The Morgan fingerprint density at radius 2 is 1.79 bits per heavy atom. The average molecular weight is 322 g/mol. The van der Waals surface area contributed by atoms with Gasteiger partial charge in [0.05, 0.1) is 12.6 Å². The maximum absolute atomic E-state index is 13.0. The van der Waals surface area contributed by atoms with E-state index in [-0.39, 0.29) is 11.9 Å². The Morgan fingerprint density at radius 1 is 1.12 bits per heavy atom. The predicted octanol–water partition coefficient (Wildman–Crippen LogP) is 4.50. The summed E-state index contributed by atoms with van der Waals surface area (Å²) < 4.78 is 0. The molecule has 1 atom stereocenters. The van der Waals surface area contributed by atoms with Gasteiger partial charge in [0.2, 0.25) is 5.91 Å². The third kappa shape index (κ3) is 2.95. The van der Waals surface area contributed by atoms with E-state index in [1.54, 1.807) is 0 Å². The molecule has 0 aliphatic carbocycles. The lowest BCUT2D eigenvalue weighted by atomic mass is 9.93. The predicted molar refractivity (Wildman–Crippen MR) is 100 cm³/mol. The molecular formula is C21H26N2O. The fourth-order valence-electron chi connectivity index (χ4n) is 3.12. The van der Waals surface area contributed by atoms with Crippen molar-refractivity contribution in [1.82, 2.24) is 4.90 Å². The molecule has 1 aliphatic heterocycles. The lowest BCUT2D eigenvalue weighted by Crippen LogP contribution is -2.43. The zero-order valence-electron chi connectivity index (χ0n) is 15.2. The average Bonchev–Trinajstić information content (AvgIpc) is 2.97. The van der Waals surface area contributed by atoms with Gasteiger partial charge >= 0.3 is 0 Å². The van der Waals surface area contributed by atoms with Gasteiger partial charge in [-0.3, -0.25) is 14.7 Å². The summed E-state index contributed by atoms with van der Waals surface area (Å²) in [6, 6.07) is 14.7. The summed E-state index contributed by atoms with van der Waals surface area (Å²) in [4.78, 5) is 19.8. The first-order valence-electron chi connectivity index (χ1n) is 8.67. The molecule has 3 nitrogen and oxygen atoms in total. The van der Waals surface area contributed by atoms with Crippen LogP contribution in [0.1, 0.15) is 40.2 Å². The first kappa shape index (κ1) is 16.7. The molecule has 3 heteroatoms. The fraction of sp³-hybridized carbons (Fsp3) is 0.429. The number of fused-ring (bicyclic) bond motifs is 1. The maximum atomic E-state index is 13.0. The molecule has 2 aromatic rings. The van der Waals surface area contributed by atoms with E-state index < -0.39 is 5.41 Å². The van der Waals surface area contributed by atoms with Gasteiger partial charge < -0.3 is 0 Å². The van der Waals surface area contributed by atoms with Crippen molar-refractivity contribution in [2.45, 2.75) is 40.7 Å². The van der Waals surface area contributed by atoms with Gasteiger partial charge in [-0.25, -0.2) is 0 Å². The molecule has 24 heavy (non-hydrogen) atoms. The van der Waals surface area contributed by atoms with Crippen LogP contribution in [0.3, 0.4) is 0 Å². The Morgan fingerprint density at radius 3 is 2.46 bits per heavy atom. The molecule has 0 saturated carbocycles. The van der Waals surface area contributed by atoms with Crippen molar-refractivity contribution in [2.24, 2.45) is 16.3 Å². The number of nitrogens with zero attached hydrogens (tertiary/aromatic N) is 2. The molecule has 1 aliphatic rings. The number of aliphatic imine (C=N–C) groups is 1. The van der Waals surface area contributed by atoms with Crippen molar-refractivity contribution in [2.75, 3.05) is 6.54 Å². The van der Waals surface area contributed by atoms with Crippen molar-refractivity contribution < 1.29 is 4.79 Å². The first-order valence-corrected chi connectivity index (χ1v) is 8.67. The molecule has 1 amide bonds. The Balaban J connectivity index is 2.13. The zero-order valence-corrected chi connectivity index (χ0v) is 15.2. The topological polar surface area (TPSA) is 32.7 Å². The minimum atomic E-state index is -0.419. The number of benzene rings is 2. The van der Waals surface area contributed by atoms with Crippen molar-refractivity contribution in [3.8, 4) is 0 Å². The summed E-state index contributed by atoms with van der Waals surface area (Å²) in [5.74, 6) is 1.37. The lowest BCUT2D eigenvalue weighted by Gasteiger charge is -2.28. The number of rotatable bonds is 2. The van der Waals surface area contributed by atoms with E-state index in [0.29, 0.717) is 12.5 Å². The van der Waals surface area contributed by atoms with Crippen LogP contribution < -0.4 is 0 Å². The third-order valence-corrected chi connectivity index (χ3v) is 4.60. The number of carbonyl (C=O) groups is 1. The van der Waals surface area contributed by atoms with E-state index in [1.807, 2.05) is 43.9 Å². The van der Waals surface area contributed by atoms with E-state index in [1.165, 1.54) is 5.39 Å². The van der Waals surface area contributed by atoms with Crippen LogP contribution >= 0.6 is 0 Å². The molecular weight excluding hydrogens is 296 g/mol. The molecule has 0 N–H and O–H groups in total. The largest absolute Gasteiger partial charge is 0.294 e. The molecule has 0 saturated heterocycles. The summed E-state index contributed by atoms with van der Waals surface area (Å²) in [6.45, 7) is 10.9. The quantitative estimate of drug-likeness (QED) is 0.801. The van der Waals surface area contributed by atoms with Crippen molar-refractivity contribution in [1.29, 1.82) is 0 Å². The highest BCUT2D eigenvalue weighted by Gasteiger charge is 2.37. The van der Waals surface area contributed by atoms with Gasteiger partial charge in [-0.2, -0.15) is 0 Å². The molecule has 3 rings (SSSR count). The summed E-state index contributed by atoms with van der Waals surface area (Å²) in [5.41, 5.74) is 0.630. The molecule has 2 aromatic carbocycles. The molecule has 0 fully saturated rings. The first-order chi connectivity index (χ1) is 11.3. The Hall–Kier alpha value is -2.16. The smallest absolute Gasteiger partial charge is 0.233 e. The van der Waals surface area contributed by atoms with Crippen LogP contribution in [0.25, 0.3) is 10.8 Å². The highest BCUT2D eigenvalue weighted by molar-refractivity contribution is 6.16. The van der Waals surface area contributed by atoms with E-state index in [4.69, 9.17) is 4.99 Å². The van der Waals surface area contributed by atoms with E-state index >= 15 is 0 Å². The standard InChI is InChI=1S/C21H26N2O/c1-14(2)18-13-23(20(24)21(3,4)5)19(22-18)17-12-8-10-15-9-6-7-11-16(15)17/h6-12,14,18H,13H2,1-5H3/t18-/m1/s1. The maximum Gasteiger partial charge on any atom is 0.233 e. The molecule has 0 spiro atoms. The van der Waals surface area contributed by atoms with E-state index in [2.05, 4.69) is 38.1 Å². The second-order valence-corrected chi connectivity index (χ2v) is 7.96. The molecule has 0 radical (unpaired) electrons. The summed E-state index contributed by atoms with van der Waals surface area (Å²) in [7, 11) is 0. The second-order valence-electron chi connectivity index (χ2n) is 7.96. The van der Waals surface area contributed by atoms with Crippen molar-refractivity contribution in [3.05, 3.63) is 48.0 Å². The SMILES string of the molecule is CC(C)[C@H]1CN(C(=O)C(C)(C)C)C(c2cccc3ccccc23)=N1. The van der Waals surface area contributed by atoms with Gasteiger partial charge in [-0.1, -0.05) is 77.1 Å². The Labute approximate surface area is 144 Å². The molecule has 126 valence electrons. The van der Waals surface area contributed by atoms with Crippen LogP contribution in [0.5, 0.6) is 0 Å². The van der Waals surface area contributed by atoms with Crippen LogP contribution in [-0.2, 0) is 4.79 Å². The number of amides is 1. The van der Waals surface area contributed by atoms with Crippen LogP contribution in [0.2, 0.25) is 0 Å². The van der Waals surface area contributed by atoms with Gasteiger partial charge in [0, 0.05) is 11.0 Å². The van der Waals surface area contributed by atoms with E-state index in [9.17, 15) is 4.79 Å². The molecule has 0 unspecified atom stereocenters. The van der Waals surface area contributed by atoms with Gasteiger partial charge in [0.1, 0.15) is 5.84 Å². The minimum absolute atomic E-state index is 0.136. The van der Waals surface area contributed by atoms with E-state index in [0.717, 1.165) is 16.8 Å². The normalized spacial score (nSPS) is 18.3. The third-order valence-electron chi connectivity index (χ3n) is 4.60. The fourth-order valence-corrected chi connectivity index (χ4v) is 3.12. The summed E-state index contributed by atoms with van der Waals surface area (Å²) in [5, 5.41) is 2.32. The number of amidine groups is 1. The highest BCUT2D eigenvalue weighted by atomic mass is 16.2. The van der Waals surface area contributed by atoms with Crippen LogP contribution in [-0.4, -0.2) is 29.2 Å². The van der Waals surface area contributed by atoms with Crippen molar-refractivity contribution >= 4 is 22.5 Å². The zero-order chi connectivity index (χ0) is 17.5. The van der Waals surface area contributed by atoms with Gasteiger partial charge in [-0.15, -0.1) is 0 Å². The summed E-state index contributed by atoms with van der Waals surface area (Å²) >= 11 is 0. The van der Waals surface area contributed by atoms with Crippen LogP contribution in [0, 0.1) is 11.3 Å². The molecule has 0 aromatic heterocycles. The monoisotopic (exact) mass is 322 g/mol. The highest BCUT2D eigenvalue weighted by Crippen LogP contribution is 2.29. The van der Waals surface area contributed by atoms with Crippen molar-refractivity contribution in [3.63, 3.8) is 0 Å². The van der Waals surface area contributed by atoms with Gasteiger partial charge in [-0.05, 0) is 16.7 Å². The molecule has 1 heterocycles. The van der Waals surface area contributed by atoms with Crippen LogP contribution in [0.15, 0.2) is 47.5 Å². The Kier molecular flexibility index (Phi) is 4.20. The number of carbonyl (C=O) groups excluding carboxylic acids is 1. The lowest BCUT2D eigenvalue weighted by molar-refractivity contribution is -0.135.